The van der Waals surface area contributed by atoms with Crippen molar-refractivity contribution in [2.24, 2.45) is 5.73 Å². The predicted molar refractivity (Wildman–Crippen MR) is 69.1 cm³/mol. The van der Waals surface area contributed by atoms with Crippen LogP contribution in [0.4, 0.5) is 4.39 Å². The summed E-state index contributed by atoms with van der Waals surface area (Å²) < 4.78 is 13.4. The van der Waals surface area contributed by atoms with Gasteiger partial charge in [0.2, 0.25) is 5.91 Å². The Morgan fingerprint density at radius 3 is 2.84 bits per heavy atom. The Balaban J connectivity index is 2.30. The number of benzene rings is 1. The van der Waals surface area contributed by atoms with E-state index in [1.165, 1.54) is 12.1 Å². The van der Waals surface area contributed by atoms with Gasteiger partial charge in [-0.25, -0.2) is 4.39 Å². The molecular weight excluding hydrogens is 249 g/mol. The number of rotatable bonds is 3. The lowest BCUT2D eigenvalue weighted by molar-refractivity contribution is -0.123. The van der Waals surface area contributed by atoms with Gasteiger partial charge in [0.25, 0.3) is 0 Å². The van der Waals surface area contributed by atoms with E-state index >= 15 is 0 Å². The average molecular weight is 267 g/mol. The van der Waals surface area contributed by atoms with Crippen molar-refractivity contribution in [3.05, 3.63) is 29.6 Å². The molecule has 0 spiro atoms. The summed E-state index contributed by atoms with van der Waals surface area (Å²) in [6.07, 6.45) is 0.894. The number of primary amides is 1. The van der Waals surface area contributed by atoms with Crippen molar-refractivity contribution >= 4 is 5.91 Å². The fourth-order valence-corrected chi connectivity index (χ4v) is 2.43. The molecule has 1 aliphatic rings. The molecule has 2 rings (SSSR count). The fourth-order valence-electron chi connectivity index (χ4n) is 2.43. The van der Waals surface area contributed by atoms with Gasteiger partial charge in [0.1, 0.15) is 17.6 Å². The van der Waals surface area contributed by atoms with Crippen molar-refractivity contribution in [1.29, 1.82) is 0 Å². The quantitative estimate of drug-likeness (QED) is 0.738. The number of nitrogens with one attached hydrogen (secondary N) is 1. The lowest BCUT2D eigenvalue weighted by atomic mass is 10.0. The Labute approximate surface area is 111 Å². The average Bonchev–Trinajstić information content (AvgIpc) is 2.56. The van der Waals surface area contributed by atoms with E-state index in [9.17, 15) is 14.3 Å². The highest BCUT2D eigenvalue weighted by Gasteiger charge is 2.27. The molecule has 6 heteroatoms. The van der Waals surface area contributed by atoms with Gasteiger partial charge in [-0.15, -0.1) is 0 Å². The summed E-state index contributed by atoms with van der Waals surface area (Å²) in [5.41, 5.74) is 5.84. The topological polar surface area (TPSA) is 78.6 Å². The lowest BCUT2D eigenvalue weighted by Gasteiger charge is -2.28. The van der Waals surface area contributed by atoms with Crippen LogP contribution < -0.4 is 11.1 Å². The van der Waals surface area contributed by atoms with Crippen LogP contribution in [-0.2, 0) is 4.79 Å². The maximum Gasteiger partial charge on any atom is 0.239 e. The van der Waals surface area contributed by atoms with Gasteiger partial charge in [-0.3, -0.25) is 9.69 Å². The number of nitrogens with zero attached hydrogens (tertiary/aromatic N) is 1. The van der Waals surface area contributed by atoms with Crippen LogP contribution in [0.15, 0.2) is 18.2 Å². The molecule has 19 heavy (non-hydrogen) atoms. The minimum absolute atomic E-state index is 0.200. The zero-order valence-corrected chi connectivity index (χ0v) is 10.6. The lowest BCUT2D eigenvalue weighted by Crippen LogP contribution is -2.39. The molecular formula is C13H18FN3O2. The van der Waals surface area contributed by atoms with E-state index < -0.39 is 17.8 Å². The molecule has 4 N–H and O–H groups in total. The highest BCUT2D eigenvalue weighted by molar-refractivity contribution is 5.81. The van der Waals surface area contributed by atoms with E-state index in [1.54, 1.807) is 0 Å². The van der Waals surface area contributed by atoms with Gasteiger partial charge in [-0.1, -0.05) is 0 Å². The minimum atomic E-state index is -0.707. The van der Waals surface area contributed by atoms with Crippen LogP contribution in [0.5, 0.6) is 5.75 Å². The number of aromatic hydroxyl groups is 1. The smallest absolute Gasteiger partial charge is 0.239 e. The second-order valence-electron chi connectivity index (χ2n) is 4.69. The molecule has 1 aromatic rings. The van der Waals surface area contributed by atoms with E-state index in [-0.39, 0.29) is 5.75 Å². The monoisotopic (exact) mass is 267 g/mol. The summed E-state index contributed by atoms with van der Waals surface area (Å²) in [5, 5.41) is 12.7. The van der Waals surface area contributed by atoms with E-state index in [2.05, 4.69) is 5.32 Å². The summed E-state index contributed by atoms with van der Waals surface area (Å²) in [6.45, 7) is 3.00. The van der Waals surface area contributed by atoms with Gasteiger partial charge in [0, 0.05) is 25.7 Å². The van der Waals surface area contributed by atoms with Crippen LogP contribution in [0.1, 0.15) is 18.0 Å². The van der Waals surface area contributed by atoms with Crippen LogP contribution in [0, 0.1) is 5.82 Å². The summed E-state index contributed by atoms with van der Waals surface area (Å²) >= 11 is 0. The Bertz CT molecular complexity index is 439. The van der Waals surface area contributed by atoms with E-state index in [1.807, 2.05) is 4.90 Å². The maximum atomic E-state index is 13.4. The number of phenols is 1. The van der Waals surface area contributed by atoms with Crippen molar-refractivity contribution in [3.63, 3.8) is 0 Å². The van der Waals surface area contributed by atoms with Crippen LogP contribution in [0.3, 0.4) is 0 Å². The molecule has 1 fully saturated rings. The maximum absolute atomic E-state index is 13.4. The molecule has 0 saturated carbocycles. The Kier molecular flexibility index (Phi) is 4.34. The van der Waals surface area contributed by atoms with E-state index in [4.69, 9.17) is 5.73 Å². The second-order valence-corrected chi connectivity index (χ2v) is 4.69. The summed E-state index contributed by atoms with van der Waals surface area (Å²) in [4.78, 5) is 13.6. The third-order valence-electron chi connectivity index (χ3n) is 3.23. The molecule has 5 nitrogen and oxygen atoms in total. The molecule has 1 atom stereocenters. The molecule has 1 amide bonds. The van der Waals surface area contributed by atoms with Crippen molar-refractivity contribution in [1.82, 2.24) is 10.2 Å². The predicted octanol–water partition coefficient (Wildman–Crippen LogP) is 0.353. The first-order valence-corrected chi connectivity index (χ1v) is 6.31. The van der Waals surface area contributed by atoms with Crippen LogP contribution in [0.25, 0.3) is 0 Å². The molecule has 1 heterocycles. The van der Waals surface area contributed by atoms with Gasteiger partial charge in [0.05, 0.1) is 0 Å². The highest BCUT2D eigenvalue weighted by Crippen LogP contribution is 2.25. The third kappa shape index (κ3) is 3.42. The third-order valence-corrected chi connectivity index (χ3v) is 3.23. The zero-order valence-electron chi connectivity index (χ0n) is 10.6. The summed E-state index contributed by atoms with van der Waals surface area (Å²) in [5.74, 6) is -1.31. The van der Waals surface area contributed by atoms with Crippen molar-refractivity contribution in [2.45, 2.75) is 12.5 Å². The molecule has 1 saturated heterocycles. The standard InChI is InChI=1S/C13H18FN3O2/c14-10-6-9(7-11(18)8-10)12(13(15)19)17-4-1-2-16-3-5-17/h6-8,12,16,18H,1-5H2,(H2,15,19). The number of nitrogens with two attached hydrogens (primary N) is 1. The van der Waals surface area contributed by atoms with Gasteiger partial charge in [0.15, 0.2) is 0 Å². The summed E-state index contributed by atoms with van der Waals surface area (Å²) in [7, 11) is 0. The molecule has 1 aliphatic heterocycles. The second kappa shape index (κ2) is 5.99. The first-order chi connectivity index (χ1) is 9.08. The first-order valence-electron chi connectivity index (χ1n) is 6.31. The molecule has 0 bridgehead atoms. The number of halogens is 1. The van der Waals surface area contributed by atoms with Crippen LogP contribution >= 0.6 is 0 Å². The number of phenolic OH excluding ortho intramolecular Hbond substituents is 1. The number of hydrogen-bond donors (Lipinski definition) is 3. The zero-order chi connectivity index (χ0) is 13.8. The van der Waals surface area contributed by atoms with Crippen molar-refractivity contribution in [3.8, 4) is 5.75 Å². The SMILES string of the molecule is NC(=O)C(c1cc(O)cc(F)c1)N1CCCNCC1. The summed E-state index contributed by atoms with van der Waals surface area (Å²) in [6, 6.07) is 2.93. The normalized spacial score (nSPS) is 18.8. The Morgan fingerprint density at radius 2 is 2.16 bits per heavy atom. The van der Waals surface area contributed by atoms with Crippen LogP contribution in [-0.4, -0.2) is 42.1 Å². The Hall–Kier alpha value is -1.66. The highest BCUT2D eigenvalue weighted by atomic mass is 19.1. The number of carbonyl (C=O) groups excluding carboxylic acids is 1. The van der Waals surface area contributed by atoms with Crippen molar-refractivity contribution in [2.75, 3.05) is 26.2 Å². The molecule has 1 aromatic carbocycles. The number of hydrogen-bond acceptors (Lipinski definition) is 4. The first kappa shape index (κ1) is 13.8. The number of amides is 1. The van der Waals surface area contributed by atoms with E-state index in [0.29, 0.717) is 18.7 Å². The molecule has 104 valence electrons. The molecule has 1 unspecified atom stereocenters. The van der Waals surface area contributed by atoms with Gasteiger partial charge in [-0.05, 0) is 30.7 Å². The van der Waals surface area contributed by atoms with Gasteiger partial charge < -0.3 is 16.2 Å². The minimum Gasteiger partial charge on any atom is -0.508 e. The van der Waals surface area contributed by atoms with Crippen molar-refractivity contribution < 1.29 is 14.3 Å². The molecule has 0 radical (unpaired) electrons. The van der Waals surface area contributed by atoms with Crippen LogP contribution in [0.2, 0.25) is 0 Å². The van der Waals surface area contributed by atoms with E-state index in [0.717, 1.165) is 25.6 Å². The largest absolute Gasteiger partial charge is 0.508 e. The molecule has 0 aromatic heterocycles. The fraction of sp³-hybridized carbons (Fsp3) is 0.462. The van der Waals surface area contributed by atoms with Gasteiger partial charge >= 0.3 is 0 Å². The molecule has 0 aliphatic carbocycles. The number of carbonyl (C=O) groups is 1. The van der Waals surface area contributed by atoms with Gasteiger partial charge in [-0.2, -0.15) is 0 Å². The Morgan fingerprint density at radius 1 is 1.37 bits per heavy atom.